The Morgan fingerprint density at radius 1 is 1.10 bits per heavy atom. The summed E-state index contributed by atoms with van der Waals surface area (Å²) in [5, 5.41) is 9.41. The van der Waals surface area contributed by atoms with Crippen molar-refractivity contribution in [3.8, 4) is 0 Å². The molecule has 0 aliphatic carbocycles. The van der Waals surface area contributed by atoms with Crippen molar-refractivity contribution in [2.75, 3.05) is 0 Å². The number of halogens is 3. The zero-order valence-corrected chi connectivity index (χ0v) is 14.2. The fraction of sp³-hybridized carbons (Fsp3) is 0.188. The van der Waals surface area contributed by atoms with E-state index in [1.54, 1.807) is 12.1 Å². The van der Waals surface area contributed by atoms with E-state index in [1.807, 2.05) is 24.3 Å². The van der Waals surface area contributed by atoms with E-state index in [9.17, 15) is 14.3 Å². The normalized spacial score (nSPS) is 12.1. The molecule has 0 heterocycles. The van der Waals surface area contributed by atoms with Crippen LogP contribution in [-0.4, -0.2) is 11.1 Å². The first-order valence-corrected chi connectivity index (χ1v) is 7.96. The van der Waals surface area contributed by atoms with Crippen molar-refractivity contribution in [3.63, 3.8) is 0 Å². The third-order valence-electron chi connectivity index (χ3n) is 3.24. The predicted molar refractivity (Wildman–Crippen MR) is 86.8 cm³/mol. The maximum atomic E-state index is 13.2. The minimum atomic E-state index is -0.855. The Kier molecular flexibility index (Phi) is 5.53. The Balaban J connectivity index is 2.18. The van der Waals surface area contributed by atoms with Crippen LogP contribution in [0.25, 0.3) is 0 Å². The molecule has 0 spiro atoms. The summed E-state index contributed by atoms with van der Waals surface area (Å²) in [5.41, 5.74) is 1.74. The number of hydrogen-bond acceptors (Lipinski definition) is 1. The maximum Gasteiger partial charge on any atom is 0.307 e. The smallest absolute Gasteiger partial charge is 0.307 e. The van der Waals surface area contributed by atoms with Gasteiger partial charge in [0.1, 0.15) is 5.82 Å². The Morgan fingerprint density at radius 2 is 1.81 bits per heavy atom. The van der Waals surface area contributed by atoms with Gasteiger partial charge in [-0.25, -0.2) is 4.39 Å². The summed E-state index contributed by atoms with van der Waals surface area (Å²) < 4.78 is 14.5. The van der Waals surface area contributed by atoms with Gasteiger partial charge in [0, 0.05) is 4.47 Å². The third-order valence-corrected chi connectivity index (χ3v) is 4.62. The molecule has 0 bridgehead atoms. The molecule has 2 aromatic rings. The van der Waals surface area contributed by atoms with Crippen LogP contribution in [0.1, 0.15) is 11.1 Å². The van der Waals surface area contributed by atoms with Crippen molar-refractivity contribution in [1.82, 2.24) is 0 Å². The number of carboxylic acids is 1. The van der Waals surface area contributed by atoms with Crippen molar-refractivity contribution in [3.05, 3.63) is 68.4 Å². The maximum absolute atomic E-state index is 13.2. The van der Waals surface area contributed by atoms with Crippen LogP contribution < -0.4 is 0 Å². The van der Waals surface area contributed by atoms with E-state index in [4.69, 9.17) is 0 Å². The molecule has 2 rings (SSSR count). The molecule has 0 saturated carbocycles. The van der Waals surface area contributed by atoms with Crippen molar-refractivity contribution in [1.29, 1.82) is 0 Å². The third kappa shape index (κ3) is 4.38. The second-order valence-electron chi connectivity index (χ2n) is 4.78. The van der Waals surface area contributed by atoms with Crippen molar-refractivity contribution in [2.45, 2.75) is 12.8 Å². The van der Waals surface area contributed by atoms with E-state index in [1.165, 1.54) is 6.07 Å². The summed E-state index contributed by atoms with van der Waals surface area (Å²) in [6.45, 7) is 0. The van der Waals surface area contributed by atoms with Gasteiger partial charge in [-0.2, -0.15) is 0 Å². The van der Waals surface area contributed by atoms with Gasteiger partial charge < -0.3 is 5.11 Å². The second-order valence-corrected chi connectivity index (χ2v) is 6.49. The Labute approximate surface area is 139 Å². The summed E-state index contributed by atoms with van der Waals surface area (Å²) in [4.78, 5) is 11.5. The number of rotatable bonds is 5. The highest BCUT2D eigenvalue weighted by Crippen LogP contribution is 2.24. The lowest BCUT2D eigenvalue weighted by molar-refractivity contribution is -0.141. The van der Waals surface area contributed by atoms with Crippen LogP contribution in [0.2, 0.25) is 0 Å². The Morgan fingerprint density at radius 3 is 2.43 bits per heavy atom. The molecule has 0 aromatic heterocycles. The van der Waals surface area contributed by atoms with E-state index in [0.717, 1.165) is 15.6 Å². The lowest BCUT2D eigenvalue weighted by Crippen LogP contribution is -2.19. The van der Waals surface area contributed by atoms with Gasteiger partial charge >= 0.3 is 5.97 Å². The summed E-state index contributed by atoms with van der Waals surface area (Å²) in [6, 6.07) is 12.2. The van der Waals surface area contributed by atoms with Gasteiger partial charge in [0.05, 0.1) is 10.4 Å². The molecule has 1 atom stereocenters. The first-order valence-electron chi connectivity index (χ1n) is 6.37. The van der Waals surface area contributed by atoms with E-state index >= 15 is 0 Å². The highest BCUT2D eigenvalue weighted by molar-refractivity contribution is 9.10. The fourth-order valence-corrected chi connectivity index (χ4v) is 3.00. The highest BCUT2D eigenvalue weighted by atomic mass is 79.9. The Hall–Kier alpha value is -1.20. The fourth-order valence-electron chi connectivity index (χ4n) is 2.13. The summed E-state index contributed by atoms with van der Waals surface area (Å²) >= 11 is 6.55. The minimum absolute atomic E-state index is 0.351. The van der Waals surface area contributed by atoms with E-state index < -0.39 is 11.9 Å². The summed E-state index contributed by atoms with van der Waals surface area (Å²) in [7, 11) is 0. The number of carboxylic acid groups (broad SMARTS) is 1. The minimum Gasteiger partial charge on any atom is -0.481 e. The van der Waals surface area contributed by atoms with Crippen LogP contribution in [0.15, 0.2) is 51.4 Å². The van der Waals surface area contributed by atoms with Crippen LogP contribution in [0.3, 0.4) is 0 Å². The van der Waals surface area contributed by atoms with Gasteiger partial charge in [-0.1, -0.05) is 40.2 Å². The predicted octanol–water partition coefficient (Wildman–Crippen LogP) is 4.84. The summed E-state index contributed by atoms with van der Waals surface area (Å²) in [6.07, 6.45) is 0.779. The first-order chi connectivity index (χ1) is 9.97. The molecule has 0 amide bonds. The summed E-state index contributed by atoms with van der Waals surface area (Å²) in [5.74, 6) is -1.76. The van der Waals surface area contributed by atoms with Crippen LogP contribution in [-0.2, 0) is 17.6 Å². The topological polar surface area (TPSA) is 37.3 Å². The average molecular weight is 416 g/mol. The SMILES string of the molecule is O=C(O)C(Cc1ccc(F)c(Br)c1)Cc1ccccc1Br. The number of hydrogen-bond donors (Lipinski definition) is 1. The van der Waals surface area contributed by atoms with E-state index in [0.29, 0.717) is 17.3 Å². The molecule has 21 heavy (non-hydrogen) atoms. The van der Waals surface area contributed by atoms with Crippen LogP contribution >= 0.6 is 31.9 Å². The molecule has 2 aromatic carbocycles. The van der Waals surface area contributed by atoms with Gasteiger partial charge in [-0.05, 0) is 58.1 Å². The molecule has 1 N–H and O–H groups in total. The molecule has 0 aliphatic rings. The largest absolute Gasteiger partial charge is 0.481 e. The standard InChI is InChI=1S/C16H13Br2FO2/c17-13-4-2-1-3-11(13)9-12(16(20)21)7-10-5-6-15(19)14(18)8-10/h1-6,8,12H,7,9H2,(H,20,21). The lowest BCUT2D eigenvalue weighted by Gasteiger charge is -2.14. The molecule has 0 radical (unpaired) electrons. The lowest BCUT2D eigenvalue weighted by atomic mass is 9.92. The monoisotopic (exact) mass is 414 g/mol. The van der Waals surface area contributed by atoms with E-state index in [2.05, 4.69) is 31.9 Å². The zero-order chi connectivity index (χ0) is 15.4. The molecule has 1 unspecified atom stereocenters. The van der Waals surface area contributed by atoms with Crippen LogP contribution in [0, 0.1) is 11.7 Å². The van der Waals surface area contributed by atoms with Crippen molar-refractivity contribution < 1.29 is 14.3 Å². The Bertz CT molecular complexity index is 658. The van der Waals surface area contributed by atoms with Crippen LogP contribution in [0.5, 0.6) is 0 Å². The molecule has 0 fully saturated rings. The molecule has 2 nitrogen and oxygen atoms in total. The van der Waals surface area contributed by atoms with Gasteiger partial charge in [0.15, 0.2) is 0 Å². The number of carbonyl (C=O) groups is 1. The number of benzene rings is 2. The van der Waals surface area contributed by atoms with Gasteiger partial charge in [0.25, 0.3) is 0 Å². The van der Waals surface area contributed by atoms with Gasteiger partial charge in [-0.3, -0.25) is 4.79 Å². The molecule has 0 aliphatic heterocycles. The van der Waals surface area contributed by atoms with E-state index in [-0.39, 0.29) is 5.82 Å². The molecule has 0 saturated heterocycles. The zero-order valence-electron chi connectivity index (χ0n) is 11.0. The quantitative estimate of drug-likeness (QED) is 0.758. The molecular formula is C16H13Br2FO2. The molecular weight excluding hydrogens is 403 g/mol. The number of aliphatic carboxylic acids is 1. The van der Waals surface area contributed by atoms with Crippen molar-refractivity contribution >= 4 is 37.8 Å². The van der Waals surface area contributed by atoms with Crippen molar-refractivity contribution in [2.24, 2.45) is 5.92 Å². The van der Waals surface area contributed by atoms with Gasteiger partial charge in [0.2, 0.25) is 0 Å². The highest BCUT2D eigenvalue weighted by Gasteiger charge is 2.20. The molecule has 110 valence electrons. The van der Waals surface area contributed by atoms with Gasteiger partial charge in [-0.15, -0.1) is 0 Å². The van der Waals surface area contributed by atoms with Crippen LogP contribution in [0.4, 0.5) is 4.39 Å². The second kappa shape index (κ2) is 7.18. The molecule has 5 heteroatoms. The first kappa shape index (κ1) is 16.2. The average Bonchev–Trinajstić information content (AvgIpc) is 2.44.